The number of hydrogen-bond donors (Lipinski definition) is 4. The van der Waals surface area contributed by atoms with Crippen molar-refractivity contribution < 1.29 is 24.2 Å². The highest BCUT2D eigenvalue weighted by atomic mass is 16.5. The van der Waals surface area contributed by atoms with E-state index in [2.05, 4.69) is 20.9 Å². The van der Waals surface area contributed by atoms with Crippen molar-refractivity contribution in [3.05, 3.63) is 84.8 Å². The van der Waals surface area contributed by atoms with Crippen LogP contribution in [0.2, 0.25) is 0 Å². The van der Waals surface area contributed by atoms with Gasteiger partial charge in [0.2, 0.25) is 0 Å². The fourth-order valence-corrected chi connectivity index (χ4v) is 3.47. The number of nitrogens with zero attached hydrogens (tertiary/aromatic N) is 3. The Balaban J connectivity index is 1.43. The number of ether oxygens (including phenoxy) is 2. The van der Waals surface area contributed by atoms with Crippen molar-refractivity contribution in [2.24, 2.45) is 0 Å². The molecule has 0 saturated heterocycles. The number of urea groups is 1. The van der Waals surface area contributed by atoms with Gasteiger partial charge in [-0.25, -0.2) is 14.3 Å². The maximum atomic E-state index is 12.9. The molecule has 39 heavy (non-hydrogen) atoms. The Hall–Kier alpha value is -5.06. The van der Waals surface area contributed by atoms with Crippen LogP contribution in [-0.4, -0.2) is 45.1 Å². The number of carbonyl (C=O) groups is 2. The molecule has 0 atom stereocenters. The Labute approximate surface area is 225 Å². The van der Waals surface area contributed by atoms with Crippen LogP contribution in [0, 0.1) is 0 Å². The number of anilines is 2. The average Bonchev–Trinajstić information content (AvgIpc) is 3.33. The van der Waals surface area contributed by atoms with Crippen LogP contribution in [0.4, 0.5) is 21.1 Å². The first kappa shape index (κ1) is 27.0. The Morgan fingerprint density at radius 1 is 0.897 bits per heavy atom. The molecule has 4 rings (SSSR count). The molecule has 0 aliphatic heterocycles. The molecule has 0 fully saturated rings. The van der Waals surface area contributed by atoms with E-state index < -0.39 is 12.1 Å². The van der Waals surface area contributed by atoms with Gasteiger partial charge in [0.1, 0.15) is 29.7 Å². The monoisotopic (exact) mass is 530 g/mol. The van der Waals surface area contributed by atoms with E-state index in [1.165, 1.54) is 0 Å². The molecule has 0 saturated carbocycles. The standard InChI is InChI=1S/C28H30N6O5/c1-28(2,3)24-18-25(34(33-24)20-6-10-21(11-7-20)38-17-16-30-27(36)37)32-26(35)31-19-4-8-22(9-5-19)39-23-12-14-29-15-13-23/h4-15,18,30H,16-17H2,1-3H3,(H,36,37)(H2,31,32,35). The summed E-state index contributed by atoms with van der Waals surface area (Å²) >= 11 is 0. The van der Waals surface area contributed by atoms with E-state index in [4.69, 9.17) is 19.7 Å². The van der Waals surface area contributed by atoms with Gasteiger partial charge in [-0.05, 0) is 60.7 Å². The number of benzene rings is 2. The van der Waals surface area contributed by atoms with Gasteiger partial charge in [0.05, 0.1) is 17.9 Å². The summed E-state index contributed by atoms with van der Waals surface area (Å²) < 4.78 is 13.0. The molecule has 11 heteroatoms. The number of nitrogens with one attached hydrogen (secondary N) is 3. The zero-order valence-corrected chi connectivity index (χ0v) is 21.8. The summed E-state index contributed by atoms with van der Waals surface area (Å²) in [5, 5.41) is 21.3. The minimum Gasteiger partial charge on any atom is -0.492 e. The second-order valence-corrected chi connectivity index (χ2v) is 9.54. The van der Waals surface area contributed by atoms with Crippen molar-refractivity contribution in [2.75, 3.05) is 23.8 Å². The van der Waals surface area contributed by atoms with E-state index in [0.717, 1.165) is 11.4 Å². The molecular weight excluding hydrogens is 500 g/mol. The quantitative estimate of drug-likeness (QED) is 0.205. The topological polar surface area (TPSA) is 140 Å². The van der Waals surface area contributed by atoms with Gasteiger partial charge >= 0.3 is 12.1 Å². The first-order valence-corrected chi connectivity index (χ1v) is 12.2. The molecule has 0 aliphatic carbocycles. The molecule has 0 spiro atoms. The number of hydrogen-bond acceptors (Lipinski definition) is 6. The molecule has 11 nitrogen and oxygen atoms in total. The molecule has 2 heterocycles. The number of aromatic nitrogens is 3. The highest BCUT2D eigenvalue weighted by molar-refractivity contribution is 5.99. The minimum absolute atomic E-state index is 0.175. The summed E-state index contributed by atoms with van der Waals surface area (Å²) in [6, 6.07) is 19.1. The van der Waals surface area contributed by atoms with Gasteiger partial charge in [0.25, 0.3) is 0 Å². The van der Waals surface area contributed by atoms with Crippen LogP contribution in [0.15, 0.2) is 79.1 Å². The van der Waals surface area contributed by atoms with Gasteiger partial charge in [-0.3, -0.25) is 10.3 Å². The first-order chi connectivity index (χ1) is 18.7. The van der Waals surface area contributed by atoms with Crippen molar-refractivity contribution in [3.63, 3.8) is 0 Å². The predicted molar refractivity (Wildman–Crippen MR) is 147 cm³/mol. The number of amides is 3. The van der Waals surface area contributed by atoms with E-state index in [9.17, 15) is 9.59 Å². The van der Waals surface area contributed by atoms with Crippen molar-refractivity contribution in [2.45, 2.75) is 26.2 Å². The van der Waals surface area contributed by atoms with Crippen molar-refractivity contribution >= 4 is 23.6 Å². The molecule has 4 N–H and O–H groups in total. The molecule has 2 aromatic carbocycles. The number of carbonyl (C=O) groups excluding carboxylic acids is 1. The van der Waals surface area contributed by atoms with Crippen LogP contribution in [0.1, 0.15) is 26.5 Å². The van der Waals surface area contributed by atoms with E-state index in [-0.39, 0.29) is 18.6 Å². The SMILES string of the molecule is CC(C)(C)c1cc(NC(=O)Nc2ccc(Oc3ccncc3)cc2)n(-c2ccc(OCCNC(=O)O)cc2)n1. The summed E-state index contributed by atoms with van der Waals surface area (Å²) in [6.07, 6.45) is 2.20. The van der Waals surface area contributed by atoms with Crippen LogP contribution >= 0.6 is 0 Å². The summed E-state index contributed by atoms with van der Waals surface area (Å²) in [4.78, 5) is 27.4. The smallest absolute Gasteiger partial charge is 0.404 e. The fraction of sp³-hybridized carbons (Fsp3) is 0.214. The average molecular weight is 531 g/mol. The van der Waals surface area contributed by atoms with Crippen molar-refractivity contribution in [1.82, 2.24) is 20.1 Å². The highest BCUT2D eigenvalue weighted by Crippen LogP contribution is 2.28. The number of rotatable bonds is 9. The lowest BCUT2D eigenvalue weighted by molar-refractivity contribution is 0.191. The summed E-state index contributed by atoms with van der Waals surface area (Å²) in [5.41, 5.74) is 1.86. The second kappa shape index (κ2) is 12.0. The third-order valence-corrected chi connectivity index (χ3v) is 5.45. The van der Waals surface area contributed by atoms with Crippen molar-refractivity contribution in [3.8, 4) is 22.9 Å². The van der Waals surface area contributed by atoms with Gasteiger partial charge in [0, 0.05) is 29.6 Å². The van der Waals surface area contributed by atoms with Gasteiger partial charge < -0.3 is 25.2 Å². The normalized spacial score (nSPS) is 10.9. The van der Waals surface area contributed by atoms with Crippen LogP contribution in [-0.2, 0) is 5.41 Å². The molecule has 0 radical (unpaired) electrons. The maximum Gasteiger partial charge on any atom is 0.404 e. The Kier molecular flexibility index (Phi) is 8.30. The van der Waals surface area contributed by atoms with E-state index in [1.807, 2.05) is 39.0 Å². The molecule has 0 bridgehead atoms. The second-order valence-electron chi connectivity index (χ2n) is 9.54. The van der Waals surface area contributed by atoms with E-state index in [1.54, 1.807) is 65.6 Å². The fourth-order valence-electron chi connectivity index (χ4n) is 3.47. The van der Waals surface area contributed by atoms with Gasteiger partial charge in [-0.2, -0.15) is 5.10 Å². The van der Waals surface area contributed by atoms with Gasteiger partial charge in [0.15, 0.2) is 0 Å². The van der Waals surface area contributed by atoms with Crippen LogP contribution < -0.4 is 25.4 Å². The zero-order chi connectivity index (χ0) is 27.8. The summed E-state index contributed by atoms with van der Waals surface area (Å²) in [6.45, 7) is 6.50. The van der Waals surface area contributed by atoms with Gasteiger partial charge in [-0.1, -0.05) is 20.8 Å². The molecule has 2 aromatic heterocycles. The van der Waals surface area contributed by atoms with Crippen molar-refractivity contribution in [1.29, 1.82) is 0 Å². The van der Waals surface area contributed by atoms with Crippen LogP contribution in [0.5, 0.6) is 17.2 Å². The molecular formula is C28H30N6O5. The first-order valence-electron chi connectivity index (χ1n) is 12.2. The molecule has 4 aromatic rings. The summed E-state index contributed by atoms with van der Waals surface area (Å²) in [7, 11) is 0. The third kappa shape index (κ3) is 7.71. The third-order valence-electron chi connectivity index (χ3n) is 5.45. The predicted octanol–water partition coefficient (Wildman–Crippen LogP) is 5.65. The minimum atomic E-state index is -1.10. The van der Waals surface area contributed by atoms with Gasteiger partial charge in [-0.15, -0.1) is 0 Å². The van der Waals surface area contributed by atoms with E-state index >= 15 is 0 Å². The lowest BCUT2D eigenvalue weighted by Gasteiger charge is -2.14. The van der Waals surface area contributed by atoms with E-state index in [0.29, 0.717) is 28.8 Å². The summed E-state index contributed by atoms with van der Waals surface area (Å²) in [5.74, 6) is 2.37. The lowest BCUT2D eigenvalue weighted by atomic mass is 9.92. The highest BCUT2D eigenvalue weighted by Gasteiger charge is 2.21. The molecule has 0 unspecified atom stereocenters. The zero-order valence-electron chi connectivity index (χ0n) is 21.8. The lowest BCUT2D eigenvalue weighted by Crippen LogP contribution is -2.26. The van der Waals surface area contributed by atoms with Crippen LogP contribution in [0.3, 0.4) is 0 Å². The Morgan fingerprint density at radius 3 is 2.18 bits per heavy atom. The van der Waals surface area contributed by atoms with Crippen LogP contribution in [0.25, 0.3) is 5.69 Å². The number of carboxylic acid groups (broad SMARTS) is 1. The molecule has 0 aliphatic rings. The number of pyridine rings is 1. The Morgan fingerprint density at radius 2 is 1.54 bits per heavy atom. The largest absolute Gasteiger partial charge is 0.492 e. The maximum absolute atomic E-state index is 12.9. The molecule has 202 valence electrons. The Bertz CT molecular complexity index is 1400. The molecule has 3 amide bonds.